The van der Waals surface area contributed by atoms with E-state index in [9.17, 15) is 13.6 Å². The SMILES string of the molecule is CCNC1CCN(C(=O)c2ccccc2OC(F)F)CC1. The fourth-order valence-electron chi connectivity index (χ4n) is 2.59. The van der Waals surface area contributed by atoms with E-state index < -0.39 is 6.61 Å². The zero-order valence-corrected chi connectivity index (χ0v) is 12.0. The second kappa shape index (κ2) is 7.36. The van der Waals surface area contributed by atoms with E-state index in [1.807, 2.05) is 0 Å². The summed E-state index contributed by atoms with van der Waals surface area (Å²) in [6.45, 7) is 1.27. The third kappa shape index (κ3) is 4.14. The molecule has 6 heteroatoms. The van der Waals surface area contributed by atoms with E-state index in [1.54, 1.807) is 17.0 Å². The van der Waals surface area contributed by atoms with Gasteiger partial charge in [0.1, 0.15) is 5.75 Å². The summed E-state index contributed by atoms with van der Waals surface area (Å²) in [5.74, 6) is -0.312. The van der Waals surface area contributed by atoms with Crippen LogP contribution in [0.1, 0.15) is 30.1 Å². The van der Waals surface area contributed by atoms with Crippen LogP contribution in [0.3, 0.4) is 0 Å². The molecule has 1 heterocycles. The molecule has 0 aromatic heterocycles. The van der Waals surface area contributed by atoms with Crippen molar-refractivity contribution >= 4 is 5.91 Å². The molecule has 4 nitrogen and oxygen atoms in total. The van der Waals surface area contributed by atoms with Crippen molar-refractivity contribution in [3.63, 3.8) is 0 Å². The Morgan fingerprint density at radius 3 is 2.67 bits per heavy atom. The van der Waals surface area contributed by atoms with Gasteiger partial charge < -0.3 is 15.0 Å². The predicted octanol–water partition coefficient (Wildman–Crippen LogP) is 2.50. The minimum atomic E-state index is -2.93. The van der Waals surface area contributed by atoms with Crippen LogP contribution in [0.4, 0.5) is 8.78 Å². The molecule has 1 aromatic rings. The summed E-state index contributed by atoms with van der Waals surface area (Å²) < 4.78 is 29.2. The number of amides is 1. The molecule has 2 rings (SSSR count). The maximum absolute atomic E-state index is 12.4. The second-order valence-corrected chi connectivity index (χ2v) is 5.00. The molecule has 1 saturated heterocycles. The Morgan fingerprint density at radius 1 is 1.38 bits per heavy atom. The molecular formula is C15H20F2N2O2. The minimum absolute atomic E-state index is 0.0636. The van der Waals surface area contributed by atoms with Crippen LogP contribution >= 0.6 is 0 Å². The highest BCUT2D eigenvalue weighted by atomic mass is 19.3. The number of rotatable bonds is 5. The number of hydrogen-bond donors (Lipinski definition) is 1. The lowest BCUT2D eigenvalue weighted by Gasteiger charge is -2.32. The van der Waals surface area contributed by atoms with Crippen molar-refractivity contribution in [1.82, 2.24) is 10.2 Å². The van der Waals surface area contributed by atoms with Crippen LogP contribution in [0.15, 0.2) is 24.3 Å². The first-order valence-electron chi connectivity index (χ1n) is 7.18. The molecule has 1 N–H and O–H groups in total. The van der Waals surface area contributed by atoms with Crippen molar-refractivity contribution in [3.8, 4) is 5.75 Å². The second-order valence-electron chi connectivity index (χ2n) is 5.00. The van der Waals surface area contributed by atoms with Crippen molar-refractivity contribution < 1.29 is 18.3 Å². The summed E-state index contributed by atoms with van der Waals surface area (Å²) in [7, 11) is 0. The molecule has 0 radical (unpaired) electrons. The molecule has 1 fully saturated rings. The van der Waals surface area contributed by atoms with Crippen molar-refractivity contribution in [3.05, 3.63) is 29.8 Å². The molecule has 1 aromatic carbocycles. The van der Waals surface area contributed by atoms with Gasteiger partial charge in [0.05, 0.1) is 5.56 Å². The summed E-state index contributed by atoms with van der Waals surface area (Å²) in [5, 5.41) is 3.36. The summed E-state index contributed by atoms with van der Waals surface area (Å²) in [5.41, 5.74) is 0.194. The molecule has 21 heavy (non-hydrogen) atoms. The number of hydrogen-bond acceptors (Lipinski definition) is 3. The van der Waals surface area contributed by atoms with Crippen LogP contribution in [0.2, 0.25) is 0 Å². The third-order valence-electron chi connectivity index (χ3n) is 3.61. The fraction of sp³-hybridized carbons (Fsp3) is 0.533. The van der Waals surface area contributed by atoms with E-state index in [1.165, 1.54) is 12.1 Å². The number of para-hydroxylation sites is 1. The normalized spacial score (nSPS) is 16.3. The zero-order chi connectivity index (χ0) is 15.2. The summed E-state index contributed by atoms with van der Waals surface area (Å²) >= 11 is 0. The Kier molecular flexibility index (Phi) is 5.50. The molecule has 0 unspecified atom stereocenters. The Labute approximate surface area is 123 Å². The van der Waals surface area contributed by atoms with E-state index in [4.69, 9.17) is 0 Å². The van der Waals surface area contributed by atoms with E-state index in [0.717, 1.165) is 19.4 Å². The first-order chi connectivity index (χ1) is 10.1. The number of halogens is 2. The quantitative estimate of drug-likeness (QED) is 0.908. The smallest absolute Gasteiger partial charge is 0.387 e. The number of carbonyl (C=O) groups is 1. The number of alkyl halides is 2. The number of benzene rings is 1. The number of nitrogens with one attached hydrogen (secondary N) is 1. The molecule has 1 aliphatic rings. The van der Waals surface area contributed by atoms with Crippen molar-refractivity contribution in [2.45, 2.75) is 32.4 Å². The minimum Gasteiger partial charge on any atom is -0.434 e. The number of carbonyl (C=O) groups excluding carboxylic acids is 1. The predicted molar refractivity (Wildman–Crippen MR) is 75.7 cm³/mol. The summed E-state index contributed by atoms with van der Waals surface area (Å²) in [4.78, 5) is 14.1. The van der Waals surface area contributed by atoms with Gasteiger partial charge in [-0.15, -0.1) is 0 Å². The van der Waals surface area contributed by atoms with Gasteiger partial charge in [-0.1, -0.05) is 19.1 Å². The summed E-state index contributed by atoms with van der Waals surface area (Å²) in [6, 6.07) is 6.57. The molecular weight excluding hydrogens is 278 g/mol. The van der Waals surface area contributed by atoms with Crippen LogP contribution in [-0.4, -0.2) is 43.1 Å². The molecule has 0 atom stereocenters. The molecule has 0 bridgehead atoms. The van der Waals surface area contributed by atoms with E-state index in [-0.39, 0.29) is 17.2 Å². The number of ether oxygens (including phenoxy) is 1. The topological polar surface area (TPSA) is 41.6 Å². The van der Waals surface area contributed by atoms with Crippen LogP contribution in [0.25, 0.3) is 0 Å². The Bertz CT molecular complexity index is 474. The largest absolute Gasteiger partial charge is 0.434 e. The lowest BCUT2D eigenvalue weighted by molar-refractivity contribution is -0.0503. The lowest BCUT2D eigenvalue weighted by Crippen LogP contribution is -2.44. The highest BCUT2D eigenvalue weighted by Gasteiger charge is 2.25. The number of nitrogens with zero attached hydrogens (tertiary/aromatic N) is 1. The van der Waals surface area contributed by atoms with Gasteiger partial charge in [-0.3, -0.25) is 4.79 Å². The molecule has 0 saturated carbocycles. The van der Waals surface area contributed by atoms with Gasteiger partial charge in [0.25, 0.3) is 5.91 Å². The Balaban J connectivity index is 2.04. The monoisotopic (exact) mass is 298 g/mol. The molecule has 0 spiro atoms. The standard InChI is InChI=1S/C15H20F2N2O2/c1-2-18-11-7-9-19(10-8-11)14(20)12-5-3-4-6-13(12)21-15(16)17/h3-6,11,15,18H,2,7-10H2,1H3. The summed E-state index contributed by atoms with van der Waals surface area (Å²) in [6.07, 6.45) is 1.74. The molecule has 116 valence electrons. The van der Waals surface area contributed by atoms with Gasteiger partial charge in [0.2, 0.25) is 0 Å². The third-order valence-corrected chi connectivity index (χ3v) is 3.61. The van der Waals surface area contributed by atoms with Crippen molar-refractivity contribution in [1.29, 1.82) is 0 Å². The van der Waals surface area contributed by atoms with Crippen LogP contribution < -0.4 is 10.1 Å². The molecule has 0 aliphatic carbocycles. The van der Waals surface area contributed by atoms with Crippen LogP contribution in [-0.2, 0) is 0 Å². The highest BCUT2D eigenvalue weighted by Crippen LogP contribution is 2.23. The molecule has 1 aliphatic heterocycles. The average Bonchev–Trinajstić information content (AvgIpc) is 2.48. The first-order valence-corrected chi connectivity index (χ1v) is 7.18. The lowest BCUT2D eigenvalue weighted by atomic mass is 10.0. The van der Waals surface area contributed by atoms with Gasteiger partial charge in [0, 0.05) is 19.1 Å². The van der Waals surface area contributed by atoms with Crippen LogP contribution in [0.5, 0.6) is 5.75 Å². The van der Waals surface area contributed by atoms with Gasteiger partial charge in [-0.05, 0) is 31.5 Å². The van der Waals surface area contributed by atoms with Gasteiger partial charge in [-0.25, -0.2) is 0 Å². The van der Waals surface area contributed by atoms with Gasteiger partial charge in [-0.2, -0.15) is 8.78 Å². The van der Waals surface area contributed by atoms with Crippen molar-refractivity contribution in [2.24, 2.45) is 0 Å². The van der Waals surface area contributed by atoms with Crippen LogP contribution in [0, 0.1) is 0 Å². The number of likely N-dealkylation sites (tertiary alicyclic amines) is 1. The van der Waals surface area contributed by atoms with E-state index >= 15 is 0 Å². The average molecular weight is 298 g/mol. The maximum atomic E-state index is 12.4. The number of piperidine rings is 1. The van der Waals surface area contributed by atoms with E-state index in [2.05, 4.69) is 17.0 Å². The Hall–Kier alpha value is -1.69. The zero-order valence-electron chi connectivity index (χ0n) is 12.0. The van der Waals surface area contributed by atoms with Gasteiger partial charge >= 0.3 is 6.61 Å². The van der Waals surface area contributed by atoms with Gasteiger partial charge in [0.15, 0.2) is 0 Å². The molecule has 1 amide bonds. The highest BCUT2D eigenvalue weighted by molar-refractivity contribution is 5.97. The first kappa shape index (κ1) is 15.7. The maximum Gasteiger partial charge on any atom is 0.387 e. The fourth-order valence-corrected chi connectivity index (χ4v) is 2.59. The van der Waals surface area contributed by atoms with E-state index in [0.29, 0.717) is 19.1 Å². The Morgan fingerprint density at radius 2 is 2.05 bits per heavy atom. The van der Waals surface area contributed by atoms with Crippen molar-refractivity contribution in [2.75, 3.05) is 19.6 Å².